The third-order valence-electron chi connectivity index (χ3n) is 3.31. The molecule has 0 aliphatic carbocycles. The SMILES string of the molecule is Cc1ccnc(-c2noc(C3COCCC3N)n2)c1. The van der Waals surface area contributed by atoms with E-state index in [-0.39, 0.29) is 12.0 Å². The Morgan fingerprint density at radius 1 is 1.42 bits per heavy atom. The third kappa shape index (κ3) is 2.50. The normalized spacial score (nSPS) is 23.5. The van der Waals surface area contributed by atoms with E-state index >= 15 is 0 Å². The summed E-state index contributed by atoms with van der Waals surface area (Å²) in [6.45, 7) is 3.22. The van der Waals surface area contributed by atoms with Gasteiger partial charge in [-0.25, -0.2) is 0 Å². The molecule has 0 bridgehead atoms. The fourth-order valence-corrected chi connectivity index (χ4v) is 2.16. The molecule has 2 atom stereocenters. The van der Waals surface area contributed by atoms with Crippen molar-refractivity contribution in [3.05, 3.63) is 29.8 Å². The van der Waals surface area contributed by atoms with Crippen LogP contribution in [0.4, 0.5) is 0 Å². The highest BCUT2D eigenvalue weighted by Gasteiger charge is 2.29. The fraction of sp³-hybridized carbons (Fsp3) is 0.462. The van der Waals surface area contributed by atoms with Gasteiger partial charge in [-0.3, -0.25) is 4.98 Å². The van der Waals surface area contributed by atoms with E-state index in [0.29, 0.717) is 30.6 Å². The third-order valence-corrected chi connectivity index (χ3v) is 3.31. The summed E-state index contributed by atoms with van der Waals surface area (Å²) in [6, 6.07) is 3.86. The van der Waals surface area contributed by atoms with E-state index in [9.17, 15) is 0 Å². The Hall–Kier alpha value is -1.79. The van der Waals surface area contributed by atoms with Gasteiger partial charge < -0.3 is 15.0 Å². The number of rotatable bonds is 2. The Kier molecular flexibility index (Phi) is 3.27. The molecule has 3 heterocycles. The molecule has 0 spiro atoms. The van der Waals surface area contributed by atoms with E-state index in [1.165, 1.54) is 0 Å². The van der Waals surface area contributed by atoms with Crippen LogP contribution in [0.5, 0.6) is 0 Å². The van der Waals surface area contributed by atoms with E-state index in [0.717, 1.165) is 12.0 Å². The van der Waals surface area contributed by atoms with Crippen LogP contribution < -0.4 is 5.73 Å². The van der Waals surface area contributed by atoms with Gasteiger partial charge in [-0.2, -0.15) is 4.98 Å². The first kappa shape index (κ1) is 12.3. The quantitative estimate of drug-likeness (QED) is 0.875. The van der Waals surface area contributed by atoms with Crippen molar-refractivity contribution in [1.82, 2.24) is 15.1 Å². The van der Waals surface area contributed by atoms with Crippen LogP contribution in [0, 0.1) is 6.92 Å². The molecule has 1 aliphatic rings. The summed E-state index contributed by atoms with van der Waals surface area (Å²) in [5.74, 6) is 1.00. The molecule has 19 heavy (non-hydrogen) atoms. The molecular weight excluding hydrogens is 244 g/mol. The lowest BCUT2D eigenvalue weighted by molar-refractivity contribution is 0.0590. The number of pyridine rings is 1. The Bertz CT molecular complexity index is 569. The van der Waals surface area contributed by atoms with Crippen molar-refractivity contribution in [2.24, 2.45) is 5.73 Å². The molecule has 0 saturated carbocycles. The molecule has 1 aliphatic heterocycles. The Balaban J connectivity index is 1.86. The van der Waals surface area contributed by atoms with Crippen LogP contribution in [0.2, 0.25) is 0 Å². The minimum absolute atomic E-state index is 0.00696. The van der Waals surface area contributed by atoms with Crippen molar-refractivity contribution < 1.29 is 9.26 Å². The van der Waals surface area contributed by atoms with Gasteiger partial charge in [0.05, 0.1) is 12.5 Å². The fourth-order valence-electron chi connectivity index (χ4n) is 2.16. The summed E-state index contributed by atoms with van der Waals surface area (Å²) in [5.41, 5.74) is 7.87. The van der Waals surface area contributed by atoms with Gasteiger partial charge in [0, 0.05) is 18.8 Å². The molecule has 2 N–H and O–H groups in total. The molecule has 3 rings (SSSR count). The predicted molar refractivity (Wildman–Crippen MR) is 68.4 cm³/mol. The molecule has 1 fully saturated rings. The van der Waals surface area contributed by atoms with E-state index in [1.807, 2.05) is 19.1 Å². The van der Waals surface area contributed by atoms with Gasteiger partial charge in [-0.05, 0) is 31.0 Å². The van der Waals surface area contributed by atoms with Crippen molar-refractivity contribution in [3.63, 3.8) is 0 Å². The maximum atomic E-state index is 6.06. The first-order valence-corrected chi connectivity index (χ1v) is 6.34. The molecule has 0 aromatic carbocycles. The zero-order valence-corrected chi connectivity index (χ0v) is 10.7. The van der Waals surface area contributed by atoms with Crippen molar-refractivity contribution >= 4 is 0 Å². The second-order valence-corrected chi connectivity index (χ2v) is 4.81. The average Bonchev–Trinajstić information content (AvgIpc) is 2.89. The summed E-state index contributed by atoms with van der Waals surface area (Å²) < 4.78 is 10.7. The van der Waals surface area contributed by atoms with E-state index in [1.54, 1.807) is 6.20 Å². The highest BCUT2D eigenvalue weighted by molar-refractivity contribution is 5.49. The Morgan fingerprint density at radius 3 is 3.11 bits per heavy atom. The van der Waals surface area contributed by atoms with Gasteiger partial charge in [0.2, 0.25) is 11.7 Å². The molecule has 6 heteroatoms. The standard InChI is InChI=1S/C13H16N4O2/c1-8-2-4-15-11(6-8)12-16-13(19-17-12)9-7-18-5-3-10(9)14/h2,4,6,9-10H,3,5,7,14H2,1H3. The summed E-state index contributed by atoms with van der Waals surface area (Å²) in [5, 5.41) is 3.98. The van der Waals surface area contributed by atoms with Gasteiger partial charge in [-0.15, -0.1) is 0 Å². The molecule has 1 saturated heterocycles. The molecule has 2 aromatic heterocycles. The average molecular weight is 260 g/mol. The van der Waals surface area contributed by atoms with E-state index in [2.05, 4.69) is 15.1 Å². The van der Waals surface area contributed by atoms with Gasteiger partial charge in [0.1, 0.15) is 5.69 Å². The number of ether oxygens (including phenoxy) is 1. The predicted octanol–water partition coefficient (Wildman–Crippen LogP) is 1.27. The topological polar surface area (TPSA) is 87.1 Å². The first-order chi connectivity index (χ1) is 9.24. The highest BCUT2D eigenvalue weighted by Crippen LogP contribution is 2.25. The van der Waals surface area contributed by atoms with Gasteiger partial charge >= 0.3 is 0 Å². The Labute approximate surface area is 111 Å². The zero-order chi connectivity index (χ0) is 13.2. The minimum Gasteiger partial charge on any atom is -0.381 e. The van der Waals surface area contributed by atoms with Crippen molar-refractivity contribution in [3.8, 4) is 11.5 Å². The summed E-state index contributed by atoms with van der Waals surface area (Å²) in [7, 11) is 0. The first-order valence-electron chi connectivity index (χ1n) is 6.34. The molecule has 0 amide bonds. The van der Waals surface area contributed by atoms with Crippen LogP contribution >= 0.6 is 0 Å². The number of aryl methyl sites for hydroxylation is 1. The van der Waals surface area contributed by atoms with E-state index in [4.69, 9.17) is 15.0 Å². The smallest absolute Gasteiger partial charge is 0.234 e. The van der Waals surface area contributed by atoms with Crippen LogP contribution in [0.15, 0.2) is 22.9 Å². The molecular formula is C13H16N4O2. The number of hydrogen-bond acceptors (Lipinski definition) is 6. The van der Waals surface area contributed by atoms with Crippen molar-refractivity contribution in [2.45, 2.75) is 25.3 Å². The maximum absolute atomic E-state index is 6.06. The zero-order valence-electron chi connectivity index (χ0n) is 10.7. The molecule has 2 unspecified atom stereocenters. The lowest BCUT2D eigenvalue weighted by Gasteiger charge is -2.25. The van der Waals surface area contributed by atoms with Gasteiger partial charge in [0.25, 0.3) is 0 Å². The Morgan fingerprint density at radius 2 is 2.32 bits per heavy atom. The number of nitrogens with two attached hydrogens (primary N) is 1. The lowest BCUT2D eigenvalue weighted by Crippen LogP contribution is -2.37. The van der Waals surface area contributed by atoms with Crippen LogP contribution in [-0.2, 0) is 4.74 Å². The molecule has 100 valence electrons. The van der Waals surface area contributed by atoms with Crippen molar-refractivity contribution in [1.29, 1.82) is 0 Å². The van der Waals surface area contributed by atoms with Crippen LogP contribution in [0.3, 0.4) is 0 Å². The molecule has 6 nitrogen and oxygen atoms in total. The summed E-state index contributed by atoms with van der Waals surface area (Å²) in [4.78, 5) is 8.64. The van der Waals surface area contributed by atoms with Crippen LogP contribution in [-0.4, -0.2) is 34.4 Å². The summed E-state index contributed by atoms with van der Waals surface area (Å²) in [6.07, 6.45) is 2.54. The number of aromatic nitrogens is 3. The minimum atomic E-state index is -0.0280. The van der Waals surface area contributed by atoms with Gasteiger partial charge in [0.15, 0.2) is 0 Å². The monoisotopic (exact) mass is 260 g/mol. The highest BCUT2D eigenvalue weighted by atomic mass is 16.5. The molecule has 2 aromatic rings. The maximum Gasteiger partial charge on any atom is 0.234 e. The van der Waals surface area contributed by atoms with Crippen LogP contribution in [0.1, 0.15) is 23.8 Å². The second-order valence-electron chi connectivity index (χ2n) is 4.81. The second kappa shape index (κ2) is 5.07. The van der Waals surface area contributed by atoms with Crippen LogP contribution in [0.25, 0.3) is 11.5 Å². The number of hydrogen-bond donors (Lipinski definition) is 1. The van der Waals surface area contributed by atoms with E-state index < -0.39 is 0 Å². The van der Waals surface area contributed by atoms with Crippen molar-refractivity contribution in [2.75, 3.05) is 13.2 Å². The molecule has 0 radical (unpaired) electrons. The summed E-state index contributed by atoms with van der Waals surface area (Å²) >= 11 is 0. The van der Waals surface area contributed by atoms with Gasteiger partial charge in [-0.1, -0.05) is 5.16 Å². The largest absolute Gasteiger partial charge is 0.381 e. The number of nitrogens with zero attached hydrogens (tertiary/aromatic N) is 3. The lowest BCUT2D eigenvalue weighted by atomic mass is 9.97.